The number of guanidine groups is 1. The van der Waals surface area contributed by atoms with E-state index in [1.165, 1.54) is 19.1 Å². The van der Waals surface area contributed by atoms with E-state index in [1.54, 1.807) is 18.3 Å². The Morgan fingerprint density at radius 1 is 1.16 bits per heavy atom. The van der Waals surface area contributed by atoms with Gasteiger partial charge in [0.15, 0.2) is 15.8 Å². The molecule has 0 bridgehead atoms. The predicted molar refractivity (Wildman–Crippen MR) is 134 cm³/mol. The summed E-state index contributed by atoms with van der Waals surface area (Å²) in [6.07, 6.45) is 6.25. The Bertz CT molecular complexity index is 961. The number of aromatic nitrogens is 1. The third-order valence-corrected chi connectivity index (χ3v) is 5.91. The second-order valence-corrected chi connectivity index (χ2v) is 9.56. The molecule has 0 radical (unpaired) electrons. The van der Waals surface area contributed by atoms with Gasteiger partial charge in [-0.2, -0.15) is 0 Å². The molecule has 1 aromatic heterocycles. The van der Waals surface area contributed by atoms with Gasteiger partial charge in [-0.25, -0.2) is 18.4 Å². The third kappa shape index (κ3) is 9.02. The fourth-order valence-corrected chi connectivity index (χ4v) is 3.49. The number of rotatable bonds is 10. The molecule has 0 atom stereocenters. The molecule has 2 aromatic rings. The van der Waals surface area contributed by atoms with Crippen LogP contribution in [0.4, 0.5) is 0 Å². The van der Waals surface area contributed by atoms with Crippen LogP contribution in [0.15, 0.2) is 52.5 Å². The molecule has 31 heavy (non-hydrogen) atoms. The van der Waals surface area contributed by atoms with Crippen molar-refractivity contribution in [3.8, 4) is 5.88 Å². The number of pyridine rings is 1. The number of halogens is 1. The van der Waals surface area contributed by atoms with Gasteiger partial charge in [0.1, 0.15) is 0 Å². The molecule has 9 heteroatoms. The zero-order valence-electron chi connectivity index (χ0n) is 18.0. The zero-order chi connectivity index (χ0) is 21.4. The first-order chi connectivity index (χ1) is 14.4. The highest BCUT2D eigenvalue weighted by atomic mass is 127. The Morgan fingerprint density at radius 3 is 2.55 bits per heavy atom. The highest BCUT2D eigenvalue weighted by molar-refractivity contribution is 14.0. The summed E-state index contributed by atoms with van der Waals surface area (Å²) >= 11 is 0. The van der Waals surface area contributed by atoms with E-state index < -0.39 is 9.84 Å². The molecule has 1 fully saturated rings. The summed E-state index contributed by atoms with van der Waals surface area (Å²) in [5.74, 6) is 2.09. The minimum absolute atomic E-state index is 0. The van der Waals surface area contributed by atoms with Gasteiger partial charge in [-0.3, -0.25) is 0 Å². The number of aliphatic imine (C=N–C) groups is 1. The lowest BCUT2D eigenvalue weighted by molar-refractivity contribution is 0.288. The van der Waals surface area contributed by atoms with E-state index in [-0.39, 0.29) is 24.0 Å². The molecule has 2 N–H and O–H groups in total. The van der Waals surface area contributed by atoms with E-state index >= 15 is 0 Å². The fraction of sp³-hybridized carbons (Fsp3) is 0.455. The lowest BCUT2D eigenvalue weighted by Gasteiger charge is -2.12. The number of ether oxygens (including phenoxy) is 1. The smallest absolute Gasteiger partial charge is 0.213 e. The lowest BCUT2D eigenvalue weighted by Crippen LogP contribution is -2.38. The van der Waals surface area contributed by atoms with Crippen LogP contribution in [-0.2, 0) is 22.8 Å². The molecule has 0 aliphatic heterocycles. The first-order valence-electron chi connectivity index (χ1n) is 10.3. The SMILES string of the molecule is CCNC(=NCc1ccnc(OCC2CC2)c1)NCCc1ccc(S(C)(=O)=O)cc1.I. The van der Waals surface area contributed by atoms with Gasteiger partial charge in [0.05, 0.1) is 18.0 Å². The van der Waals surface area contributed by atoms with Crippen molar-refractivity contribution in [2.45, 2.75) is 37.6 Å². The van der Waals surface area contributed by atoms with Gasteiger partial charge >= 0.3 is 0 Å². The third-order valence-electron chi connectivity index (χ3n) is 4.78. The van der Waals surface area contributed by atoms with E-state index in [2.05, 4.69) is 20.6 Å². The van der Waals surface area contributed by atoms with Crippen molar-refractivity contribution in [2.75, 3.05) is 26.0 Å². The van der Waals surface area contributed by atoms with Gasteiger partial charge in [-0.05, 0) is 61.4 Å². The van der Waals surface area contributed by atoms with Crippen LogP contribution in [0.25, 0.3) is 0 Å². The molecule has 1 aliphatic carbocycles. The van der Waals surface area contributed by atoms with Crippen molar-refractivity contribution in [2.24, 2.45) is 10.9 Å². The second-order valence-electron chi connectivity index (χ2n) is 7.54. The summed E-state index contributed by atoms with van der Waals surface area (Å²) in [5.41, 5.74) is 2.11. The monoisotopic (exact) mass is 558 g/mol. The Morgan fingerprint density at radius 2 is 1.90 bits per heavy atom. The van der Waals surface area contributed by atoms with Gasteiger partial charge in [-0.15, -0.1) is 24.0 Å². The molecule has 1 saturated carbocycles. The quantitative estimate of drug-likeness (QED) is 0.265. The molecule has 1 aliphatic rings. The van der Waals surface area contributed by atoms with Gasteiger partial charge < -0.3 is 15.4 Å². The van der Waals surface area contributed by atoms with Gasteiger partial charge in [0.2, 0.25) is 5.88 Å². The van der Waals surface area contributed by atoms with Crippen molar-refractivity contribution in [3.63, 3.8) is 0 Å². The Hall–Kier alpha value is -1.88. The van der Waals surface area contributed by atoms with E-state index in [0.29, 0.717) is 29.8 Å². The Labute approximate surface area is 202 Å². The van der Waals surface area contributed by atoms with Crippen molar-refractivity contribution in [3.05, 3.63) is 53.7 Å². The van der Waals surface area contributed by atoms with Crippen LogP contribution in [0.3, 0.4) is 0 Å². The topological polar surface area (TPSA) is 92.7 Å². The average molecular weight is 558 g/mol. The van der Waals surface area contributed by atoms with Crippen molar-refractivity contribution in [1.29, 1.82) is 0 Å². The summed E-state index contributed by atoms with van der Waals surface area (Å²) in [7, 11) is -3.16. The second kappa shape index (κ2) is 12.2. The van der Waals surface area contributed by atoms with Gasteiger partial charge in [0, 0.05) is 31.6 Å². The van der Waals surface area contributed by atoms with Crippen LogP contribution < -0.4 is 15.4 Å². The number of benzene rings is 1. The molecule has 0 saturated heterocycles. The molecule has 170 valence electrons. The number of hydrogen-bond donors (Lipinski definition) is 2. The maximum Gasteiger partial charge on any atom is 0.213 e. The van der Waals surface area contributed by atoms with Gasteiger partial charge in [0.25, 0.3) is 0 Å². The standard InChI is InChI=1S/C22H30N4O3S.HI/c1-3-23-22(25-13-10-17-6-8-20(9-7-17)30(2,27)28)26-15-19-11-12-24-21(14-19)29-16-18-4-5-18;/h6-9,11-12,14,18H,3-5,10,13,15-16H2,1-2H3,(H2,23,25,26);1H. The van der Waals surface area contributed by atoms with E-state index in [0.717, 1.165) is 36.7 Å². The number of sulfone groups is 1. The molecular weight excluding hydrogens is 527 g/mol. The van der Waals surface area contributed by atoms with Crippen LogP contribution in [0.5, 0.6) is 5.88 Å². The summed E-state index contributed by atoms with van der Waals surface area (Å²) in [6.45, 7) is 4.75. The molecule has 7 nitrogen and oxygen atoms in total. The van der Waals surface area contributed by atoms with Crippen molar-refractivity contribution < 1.29 is 13.2 Å². The Kier molecular flexibility index (Phi) is 10.0. The molecule has 1 aromatic carbocycles. The van der Waals surface area contributed by atoms with Gasteiger partial charge in [-0.1, -0.05) is 12.1 Å². The molecule has 0 spiro atoms. The fourth-order valence-electron chi connectivity index (χ4n) is 2.86. The van der Waals surface area contributed by atoms with E-state index in [4.69, 9.17) is 4.74 Å². The molecule has 0 amide bonds. The first kappa shape index (κ1) is 25.4. The summed E-state index contributed by atoms with van der Waals surface area (Å²) in [6, 6.07) is 10.9. The molecular formula is C22H31IN4O3S. The van der Waals surface area contributed by atoms with Crippen LogP contribution in [-0.4, -0.2) is 45.3 Å². The minimum Gasteiger partial charge on any atom is -0.477 e. The summed E-state index contributed by atoms with van der Waals surface area (Å²) in [5, 5.41) is 6.56. The first-order valence-corrected chi connectivity index (χ1v) is 12.2. The van der Waals surface area contributed by atoms with Crippen molar-refractivity contribution in [1.82, 2.24) is 15.6 Å². The average Bonchev–Trinajstić information content (AvgIpc) is 3.55. The highest BCUT2D eigenvalue weighted by Crippen LogP contribution is 2.29. The predicted octanol–water partition coefficient (Wildman–Crippen LogP) is 3.19. The molecule has 3 rings (SSSR count). The van der Waals surface area contributed by atoms with Crippen LogP contribution in [0.2, 0.25) is 0 Å². The van der Waals surface area contributed by atoms with Crippen LogP contribution in [0, 0.1) is 5.92 Å². The zero-order valence-corrected chi connectivity index (χ0v) is 21.2. The number of hydrogen-bond acceptors (Lipinski definition) is 5. The molecule has 1 heterocycles. The lowest BCUT2D eigenvalue weighted by atomic mass is 10.1. The molecule has 0 unspecified atom stereocenters. The summed E-state index contributed by atoms with van der Waals surface area (Å²) in [4.78, 5) is 9.25. The maximum absolute atomic E-state index is 11.6. The van der Waals surface area contributed by atoms with Crippen LogP contribution in [0.1, 0.15) is 30.9 Å². The minimum atomic E-state index is -3.16. The number of nitrogens with zero attached hydrogens (tertiary/aromatic N) is 2. The van der Waals surface area contributed by atoms with Crippen molar-refractivity contribution >= 4 is 39.8 Å². The highest BCUT2D eigenvalue weighted by Gasteiger charge is 2.22. The largest absolute Gasteiger partial charge is 0.477 e. The summed E-state index contributed by atoms with van der Waals surface area (Å²) < 4.78 is 28.8. The normalized spacial score (nSPS) is 13.9. The maximum atomic E-state index is 11.6. The Balaban J connectivity index is 0.00000341. The van der Waals surface area contributed by atoms with E-state index in [9.17, 15) is 8.42 Å². The van der Waals surface area contributed by atoms with Crippen LogP contribution >= 0.6 is 24.0 Å². The van der Waals surface area contributed by atoms with E-state index in [1.807, 2.05) is 31.2 Å². The number of nitrogens with one attached hydrogen (secondary N) is 2.